The van der Waals surface area contributed by atoms with Gasteiger partial charge in [0.2, 0.25) is 0 Å². The number of H-pyrrole nitrogens is 1. The number of fused-ring (bicyclic) bond motifs is 1. The second kappa shape index (κ2) is 11.6. The number of aryl methyl sites for hydroxylation is 1. The van der Waals surface area contributed by atoms with E-state index in [1.807, 2.05) is 12.3 Å². The normalized spacial score (nSPS) is 11.3. The van der Waals surface area contributed by atoms with Gasteiger partial charge >= 0.3 is 12.1 Å². The maximum Gasteiger partial charge on any atom is 0.407 e. The number of nitrogens with two attached hydrogens (primary N) is 1. The molecule has 0 saturated carbocycles. The van der Waals surface area contributed by atoms with E-state index in [9.17, 15) is 19.2 Å². The number of nitrogens with zero attached hydrogens (tertiary/aromatic N) is 1. The summed E-state index contributed by atoms with van der Waals surface area (Å²) in [4.78, 5) is 52.7. The SMILES string of the molecule is COC(=O)c1cc(N)c(-c2cn(C)c(=O)c3[nH]c(C(=O)NCCNC(=O)OC(C)(C)C)cc23)cc1CSC. The van der Waals surface area contributed by atoms with Gasteiger partial charge < -0.3 is 35.4 Å². The Labute approximate surface area is 224 Å². The summed E-state index contributed by atoms with van der Waals surface area (Å²) in [5.41, 5.74) is 8.53. The molecule has 1 aromatic carbocycles. The number of nitrogens with one attached hydrogen (secondary N) is 3. The number of hydrogen-bond donors (Lipinski definition) is 4. The summed E-state index contributed by atoms with van der Waals surface area (Å²) < 4.78 is 11.5. The van der Waals surface area contributed by atoms with Crippen LogP contribution in [0.4, 0.5) is 10.5 Å². The summed E-state index contributed by atoms with van der Waals surface area (Å²) in [7, 11) is 2.92. The van der Waals surface area contributed by atoms with E-state index >= 15 is 0 Å². The van der Waals surface area contributed by atoms with Crippen LogP contribution in [-0.2, 0) is 22.3 Å². The highest BCUT2D eigenvalue weighted by atomic mass is 32.2. The van der Waals surface area contributed by atoms with E-state index < -0.39 is 23.6 Å². The lowest BCUT2D eigenvalue weighted by atomic mass is 9.96. The minimum absolute atomic E-state index is 0.151. The summed E-state index contributed by atoms with van der Waals surface area (Å²) in [6.45, 7) is 5.59. The number of anilines is 1. The fraction of sp³-hybridized carbons (Fsp3) is 0.385. The lowest BCUT2D eigenvalue weighted by Crippen LogP contribution is -2.37. The number of carbonyl (C=O) groups is 3. The van der Waals surface area contributed by atoms with Crippen LogP contribution >= 0.6 is 11.8 Å². The molecule has 2 aromatic heterocycles. The Morgan fingerprint density at radius 2 is 1.79 bits per heavy atom. The van der Waals surface area contributed by atoms with Crippen LogP contribution in [0.15, 0.2) is 29.2 Å². The molecule has 3 rings (SSSR count). The number of pyridine rings is 1. The van der Waals surface area contributed by atoms with E-state index in [1.165, 1.54) is 11.7 Å². The molecule has 0 bridgehead atoms. The molecule has 0 aliphatic rings. The van der Waals surface area contributed by atoms with Gasteiger partial charge in [0, 0.05) is 54.3 Å². The standard InChI is InChI=1S/C26H33N5O6S/c1-26(2,3)37-25(35)29-8-7-28-22(32)20-11-17-18(12-31(4)23(33)21(17)30-20)16-9-14(13-38-6)15(10-19(16)27)24(34)36-5/h9-12,30H,7-8,13,27H2,1-6H3,(H,28,32)(H,29,35). The fourth-order valence-corrected chi connectivity index (χ4v) is 4.44. The smallest absolute Gasteiger partial charge is 0.407 e. The molecule has 0 aliphatic heterocycles. The lowest BCUT2D eigenvalue weighted by Gasteiger charge is -2.19. The van der Waals surface area contributed by atoms with Gasteiger partial charge in [-0.3, -0.25) is 9.59 Å². The first-order chi connectivity index (χ1) is 17.9. The Morgan fingerprint density at radius 3 is 2.42 bits per heavy atom. The number of aromatic nitrogens is 2. The number of nitrogen functional groups attached to an aromatic ring is 1. The highest BCUT2D eigenvalue weighted by Crippen LogP contribution is 2.35. The third kappa shape index (κ3) is 6.49. The van der Waals surface area contributed by atoms with Crippen LogP contribution in [0.5, 0.6) is 0 Å². The second-order valence-corrected chi connectivity index (χ2v) is 10.5. The average Bonchev–Trinajstić information content (AvgIpc) is 3.29. The molecule has 0 radical (unpaired) electrons. The van der Waals surface area contributed by atoms with Gasteiger partial charge in [-0.05, 0) is 50.8 Å². The molecule has 204 valence electrons. The number of carbonyl (C=O) groups excluding carboxylic acids is 3. The van der Waals surface area contributed by atoms with Gasteiger partial charge in [0.25, 0.3) is 11.5 Å². The van der Waals surface area contributed by atoms with Crippen molar-refractivity contribution < 1.29 is 23.9 Å². The van der Waals surface area contributed by atoms with Crippen molar-refractivity contribution in [2.24, 2.45) is 7.05 Å². The molecule has 0 unspecified atom stereocenters. The Balaban J connectivity index is 1.93. The van der Waals surface area contributed by atoms with Crippen molar-refractivity contribution in [3.05, 3.63) is 51.6 Å². The predicted molar refractivity (Wildman–Crippen MR) is 149 cm³/mol. The Hall–Kier alpha value is -3.93. The van der Waals surface area contributed by atoms with Gasteiger partial charge in [-0.2, -0.15) is 11.8 Å². The van der Waals surface area contributed by atoms with Crippen LogP contribution in [-0.4, -0.2) is 59.6 Å². The third-order valence-corrected chi connectivity index (χ3v) is 6.16. The van der Waals surface area contributed by atoms with Crippen molar-refractivity contribution >= 4 is 46.3 Å². The topological polar surface area (TPSA) is 158 Å². The first-order valence-corrected chi connectivity index (χ1v) is 13.2. The molecule has 0 aliphatic carbocycles. The van der Waals surface area contributed by atoms with Crippen LogP contribution < -0.4 is 21.9 Å². The van der Waals surface area contributed by atoms with E-state index in [0.717, 1.165) is 5.56 Å². The molecule has 2 amide bonds. The molecule has 0 atom stereocenters. The molecular formula is C26H33N5O6S. The van der Waals surface area contributed by atoms with Crippen LogP contribution in [0.3, 0.4) is 0 Å². The highest BCUT2D eigenvalue weighted by Gasteiger charge is 2.21. The maximum atomic E-state index is 12.9. The number of amides is 2. The van der Waals surface area contributed by atoms with Crippen molar-refractivity contribution in [2.45, 2.75) is 32.1 Å². The van der Waals surface area contributed by atoms with E-state index in [4.69, 9.17) is 15.2 Å². The van der Waals surface area contributed by atoms with Crippen molar-refractivity contribution in [3.63, 3.8) is 0 Å². The summed E-state index contributed by atoms with van der Waals surface area (Å²) in [5.74, 6) is -0.387. The van der Waals surface area contributed by atoms with E-state index in [1.54, 1.807) is 57.9 Å². The quantitative estimate of drug-likeness (QED) is 0.192. The average molecular weight is 544 g/mol. The van der Waals surface area contributed by atoms with E-state index in [0.29, 0.717) is 33.5 Å². The minimum atomic E-state index is -0.624. The van der Waals surface area contributed by atoms with Crippen LogP contribution in [0.25, 0.3) is 22.0 Å². The van der Waals surface area contributed by atoms with Crippen LogP contribution in [0.1, 0.15) is 47.2 Å². The van der Waals surface area contributed by atoms with Gasteiger partial charge in [0.15, 0.2) is 0 Å². The number of aromatic amines is 1. The molecule has 5 N–H and O–H groups in total. The van der Waals surface area contributed by atoms with Crippen molar-refractivity contribution in [1.82, 2.24) is 20.2 Å². The molecule has 0 fully saturated rings. The van der Waals surface area contributed by atoms with Crippen LogP contribution in [0, 0.1) is 0 Å². The summed E-state index contributed by atoms with van der Waals surface area (Å²) in [6, 6.07) is 4.97. The molecule has 2 heterocycles. The summed E-state index contributed by atoms with van der Waals surface area (Å²) in [6.07, 6.45) is 2.99. The molecule has 0 spiro atoms. The van der Waals surface area contributed by atoms with Gasteiger partial charge in [-0.1, -0.05) is 0 Å². The predicted octanol–water partition coefficient (Wildman–Crippen LogP) is 3.02. The first kappa shape index (κ1) is 28.6. The number of esters is 1. The van der Waals surface area contributed by atoms with Crippen molar-refractivity contribution in [3.8, 4) is 11.1 Å². The molecule has 0 saturated heterocycles. The fourth-order valence-electron chi connectivity index (χ4n) is 3.89. The molecule has 3 aromatic rings. The van der Waals surface area contributed by atoms with Gasteiger partial charge in [-0.15, -0.1) is 0 Å². The number of alkyl carbamates (subject to hydrolysis) is 1. The number of methoxy groups -OCH3 is 1. The van der Waals surface area contributed by atoms with E-state index in [2.05, 4.69) is 15.6 Å². The molecule has 12 heteroatoms. The number of rotatable bonds is 8. The van der Waals surface area contributed by atoms with Gasteiger partial charge in [-0.25, -0.2) is 9.59 Å². The first-order valence-electron chi connectivity index (χ1n) is 11.8. The zero-order chi connectivity index (χ0) is 28.2. The number of hydrogen-bond acceptors (Lipinski definition) is 8. The monoisotopic (exact) mass is 543 g/mol. The molecule has 11 nitrogen and oxygen atoms in total. The number of ether oxygens (including phenoxy) is 2. The van der Waals surface area contributed by atoms with Crippen molar-refractivity contribution in [2.75, 3.05) is 32.2 Å². The Bertz CT molecular complexity index is 1440. The van der Waals surface area contributed by atoms with Crippen molar-refractivity contribution in [1.29, 1.82) is 0 Å². The Kier molecular flexibility index (Phi) is 8.77. The lowest BCUT2D eigenvalue weighted by molar-refractivity contribution is 0.0525. The highest BCUT2D eigenvalue weighted by molar-refractivity contribution is 7.97. The minimum Gasteiger partial charge on any atom is -0.465 e. The molecule has 38 heavy (non-hydrogen) atoms. The zero-order valence-electron chi connectivity index (χ0n) is 22.3. The number of benzene rings is 1. The zero-order valence-corrected chi connectivity index (χ0v) is 23.1. The Morgan fingerprint density at radius 1 is 1.11 bits per heavy atom. The molecular weight excluding hydrogens is 510 g/mol. The van der Waals surface area contributed by atoms with Gasteiger partial charge in [0.1, 0.15) is 16.8 Å². The maximum absolute atomic E-state index is 12.9. The van der Waals surface area contributed by atoms with Crippen LogP contribution in [0.2, 0.25) is 0 Å². The van der Waals surface area contributed by atoms with Gasteiger partial charge in [0.05, 0.1) is 12.7 Å². The second-order valence-electron chi connectivity index (χ2n) is 9.64. The summed E-state index contributed by atoms with van der Waals surface area (Å²) in [5, 5.41) is 5.79. The third-order valence-electron chi connectivity index (χ3n) is 5.56. The largest absolute Gasteiger partial charge is 0.465 e. The van der Waals surface area contributed by atoms with E-state index in [-0.39, 0.29) is 29.9 Å². The number of thioether (sulfide) groups is 1. The summed E-state index contributed by atoms with van der Waals surface area (Å²) >= 11 is 1.54.